The summed E-state index contributed by atoms with van der Waals surface area (Å²) in [5.74, 6) is 1.72. The number of hydrogen-bond donors (Lipinski definition) is 1. The molecule has 1 fully saturated rings. The fraction of sp³-hybridized carbons (Fsp3) is 0.625. The zero-order chi connectivity index (χ0) is 14.5. The molecule has 3 atom stereocenters. The minimum Gasteiger partial charge on any atom is -0.497 e. The van der Waals surface area contributed by atoms with Crippen molar-refractivity contribution in [1.29, 1.82) is 0 Å². The third-order valence-corrected chi connectivity index (χ3v) is 3.83. The zero-order valence-electron chi connectivity index (χ0n) is 12.8. The molecule has 0 aromatic heterocycles. The number of methoxy groups -OCH3 is 2. The van der Waals surface area contributed by atoms with E-state index in [2.05, 4.69) is 19.2 Å². The molecule has 2 rings (SSSR count). The predicted octanol–water partition coefficient (Wildman–Crippen LogP) is 2.92. The highest BCUT2D eigenvalue weighted by atomic mass is 16.5. The van der Waals surface area contributed by atoms with Crippen molar-refractivity contribution in [1.82, 2.24) is 5.32 Å². The lowest BCUT2D eigenvalue weighted by Gasteiger charge is -2.26. The van der Waals surface area contributed by atoms with Crippen LogP contribution in [0.3, 0.4) is 0 Å². The molecule has 1 aromatic carbocycles. The van der Waals surface area contributed by atoms with Crippen LogP contribution in [0.1, 0.15) is 38.3 Å². The van der Waals surface area contributed by atoms with Crippen LogP contribution in [-0.2, 0) is 4.74 Å². The van der Waals surface area contributed by atoms with Crippen LogP contribution in [0.2, 0.25) is 0 Å². The number of likely N-dealkylation sites (N-methyl/N-ethyl adjacent to an activating group) is 1. The number of benzene rings is 1. The van der Waals surface area contributed by atoms with E-state index in [4.69, 9.17) is 14.2 Å². The summed E-state index contributed by atoms with van der Waals surface area (Å²) < 4.78 is 16.9. The van der Waals surface area contributed by atoms with Gasteiger partial charge in [-0.05, 0) is 44.5 Å². The molecule has 0 radical (unpaired) electrons. The molecule has 1 aliphatic rings. The Morgan fingerprint density at radius 1 is 1.30 bits per heavy atom. The predicted molar refractivity (Wildman–Crippen MR) is 79.5 cm³/mol. The first-order valence-electron chi connectivity index (χ1n) is 7.30. The Morgan fingerprint density at radius 3 is 2.65 bits per heavy atom. The van der Waals surface area contributed by atoms with Gasteiger partial charge in [0.2, 0.25) is 0 Å². The molecule has 3 unspecified atom stereocenters. The quantitative estimate of drug-likeness (QED) is 0.869. The normalized spacial score (nSPS) is 23.6. The summed E-state index contributed by atoms with van der Waals surface area (Å²) in [5.41, 5.74) is 1.10. The average molecular weight is 279 g/mol. The van der Waals surface area contributed by atoms with E-state index in [0.717, 1.165) is 36.4 Å². The second-order valence-electron chi connectivity index (χ2n) is 5.21. The maximum atomic E-state index is 6.04. The van der Waals surface area contributed by atoms with Gasteiger partial charge in [-0.1, -0.05) is 6.92 Å². The molecule has 0 spiro atoms. The average Bonchev–Trinajstić information content (AvgIpc) is 2.90. The maximum absolute atomic E-state index is 6.04. The molecule has 1 aromatic rings. The molecule has 0 amide bonds. The van der Waals surface area contributed by atoms with Crippen LogP contribution in [0.4, 0.5) is 0 Å². The van der Waals surface area contributed by atoms with Gasteiger partial charge in [0.25, 0.3) is 0 Å². The Hall–Kier alpha value is -1.26. The van der Waals surface area contributed by atoms with Gasteiger partial charge in [0.1, 0.15) is 11.5 Å². The van der Waals surface area contributed by atoms with Crippen LogP contribution >= 0.6 is 0 Å². The number of rotatable bonds is 6. The molecule has 0 saturated carbocycles. The molecule has 0 aliphatic carbocycles. The highest BCUT2D eigenvalue weighted by molar-refractivity contribution is 5.43. The summed E-state index contributed by atoms with van der Waals surface area (Å²) in [6.45, 7) is 5.13. The van der Waals surface area contributed by atoms with E-state index in [1.807, 2.05) is 18.2 Å². The van der Waals surface area contributed by atoms with Gasteiger partial charge in [-0.3, -0.25) is 0 Å². The van der Waals surface area contributed by atoms with E-state index in [1.54, 1.807) is 14.2 Å². The van der Waals surface area contributed by atoms with E-state index in [9.17, 15) is 0 Å². The van der Waals surface area contributed by atoms with Crippen LogP contribution in [0.15, 0.2) is 18.2 Å². The van der Waals surface area contributed by atoms with Gasteiger partial charge < -0.3 is 19.5 Å². The largest absolute Gasteiger partial charge is 0.497 e. The van der Waals surface area contributed by atoms with Crippen LogP contribution in [0, 0.1) is 0 Å². The summed E-state index contributed by atoms with van der Waals surface area (Å²) >= 11 is 0. The summed E-state index contributed by atoms with van der Waals surface area (Å²) in [6.07, 6.45) is 2.70. The molecular formula is C16H25NO3. The SMILES string of the molecule is CCNC(c1cc(OC)ccc1OC)C1CCC(C)O1. The zero-order valence-corrected chi connectivity index (χ0v) is 12.8. The van der Waals surface area contributed by atoms with Gasteiger partial charge in [0.15, 0.2) is 0 Å². The fourth-order valence-corrected chi connectivity index (χ4v) is 2.82. The molecule has 4 heteroatoms. The van der Waals surface area contributed by atoms with Crippen LogP contribution < -0.4 is 14.8 Å². The Bertz CT molecular complexity index is 436. The summed E-state index contributed by atoms with van der Waals surface area (Å²) in [6, 6.07) is 6.05. The van der Waals surface area contributed by atoms with Gasteiger partial charge in [-0.15, -0.1) is 0 Å². The molecular weight excluding hydrogens is 254 g/mol. The van der Waals surface area contributed by atoms with Crippen LogP contribution in [-0.4, -0.2) is 33.0 Å². The van der Waals surface area contributed by atoms with E-state index in [-0.39, 0.29) is 12.1 Å². The summed E-state index contributed by atoms with van der Waals surface area (Å²) in [4.78, 5) is 0. The lowest BCUT2D eigenvalue weighted by Crippen LogP contribution is -2.32. The Labute approximate surface area is 121 Å². The Balaban J connectivity index is 2.32. The Kier molecular flexibility index (Phi) is 5.26. The highest BCUT2D eigenvalue weighted by Crippen LogP contribution is 2.36. The van der Waals surface area contributed by atoms with E-state index in [1.165, 1.54) is 0 Å². The smallest absolute Gasteiger partial charge is 0.124 e. The standard InChI is InChI=1S/C16H25NO3/c1-5-17-16(15-8-6-11(2)20-15)13-10-12(18-3)7-9-14(13)19-4/h7,9-11,15-17H,5-6,8H2,1-4H3. The van der Waals surface area contributed by atoms with E-state index < -0.39 is 0 Å². The topological polar surface area (TPSA) is 39.7 Å². The van der Waals surface area contributed by atoms with Gasteiger partial charge >= 0.3 is 0 Å². The molecule has 20 heavy (non-hydrogen) atoms. The molecule has 1 N–H and O–H groups in total. The summed E-state index contributed by atoms with van der Waals surface area (Å²) in [5, 5.41) is 3.53. The minimum absolute atomic E-state index is 0.134. The van der Waals surface area contributed by atoms with Crippen molar-refractivity contribution >= 4 is 0 Å². The number of hydrogen-bond acceptors (Lipinski definition) is 4. The fourth-order valence-electron chi connectivity index (χ4n) is 2.82. The van der Waals surface area contributed by atoms with Crippen molar-refractivity contribution in [2.75, 3.05) is 20.8 Å². The van der Waals surface area contributed by atoms with Crippen molar-refractivity contribution < 1.29 is 14.2 Å². The van der Waals surface area contributed by atoms with Gasteiger partial charge in [-0.25, -0.2) is 0 Å². The van der Waals surface area contributed by atoms with Gasteiger partial charge in [0, 0.05) is 5.56 Å². The second-order valence-corrected chi connectivity index (χ2v) is 5.21. The molecule has 0 bridgehead atoms. The molecule has 1 heterocycles. The van der Waals surface area contributed by atoms with E-state index >= 15 is 0 Å². The molecule has 1 saturated heterocycles. The van der Waals surface area contributed by atoms with E-state index in [0.29, 0.717) is 6.10 Å². The highest BCUT2D eigenvalue weighted by Gasteiger charge is 2.32. The van der Waals surface area contributed by atoms with Crippen molar-refractivity contribution in [2.45, 2.75) is 44.9 Å². The second kappa shape index (κ2) is 6.95. The third-order valence-electron chi connectivity index (χ3n) is 3.83. The first-order chi connectivity index (χ1) is 9.69. The first-order valence-corrected chi connectivity index (χ1v) is 7.30. The number of ether oxygens (including phenoxy) is 3. The Morgan fingerprint density at radius 2 is 2.10 bits per heavy atom. The molecule has 4 nitrogen and oxygen atoms in total. The summed E-state index contributed by atoms with van der Waals surface area (Å²) in [7, 11) is 3.38. The van der Waals surface area contributed by atoms with Crippen molar-refractivity contribution in [2.24, 2.45) is 0 Å². The lowest BCUT2D eigenvalue weighted by atomic mass is 9.97. The van der Waals surface area contributed by atoms with Crippen molar-refractivity contribution in [3.05, 3.63) is 23.8 Å². The molecule has 1 aliphatic heterocycles. The minimum atomic E-state index is 0.134. The van der Waals surface area contributed by atoms with Crippen LogP contribution in [0.25, 0.3) is 0 Å². The van der Waals surface area contributed by atoms with Crippen molar-refractivity contribution in [3.8, 4) is 11.5 Å². The van der Waals surface area contributed by atoms with Crippen molar-refractivity contribution in [3.63, 3.8) is 0 Å². The van der Waals surface area contributed by atoms with Crippen LogP contribution in [0.5, 0.6) is 11.5 Å². The van der Waals surface area contributed by atoms with Gasteiger partial charge in [0.05, 0.1) is 32.5 Å². The monoisotopic (exact) mass is 279 g/mol. The number of nitrogens with one attached hydrogen (secondary N) is 1. The first kappa shape index (κ1) is 15.1. The maximum Gasteiger partial charge on any atom is 0.124 e. The third kappa shape index (κ3) is 3.25. The van der Waals surface area contributed by atoms with Gasteiger partial charge in [-0.2, -0.15) is 0 Å². The lowest BCUT2D eigenvalue weighted by molar-refractivity contribution is 0.0314. The molecule has 112 valence electrons.